The first kappa shape index (κ1) is 36.6. The van der Waals surface area contributed by atoms with Crippen molar-refractivity contribution in [1.29, 1.82) is 5.26 Å². The van der Waals surface area contributed by atoms with Crippen molar-refractivity contribution in [2.45, 2.75) is 77.2 Å². The molecule has 1 nitrogen and oxygen atoms in total. The Morgan fingerprint density at radius 1 is 0.867 bits per heavy atom. The van der Waals surface area contributed by atoms with Crippen molar-refractivity contribution in [2.75, 3.05) is 0 Å². The van der Waals surface area contributed by atoms with Gasteiger partial charge in [0.2, 0.25) is 0 Å². The molecule has 0 heterocycles. The number of hydrogen-bond donors (Lipinski definition) is 0. The summed E-state index contributed by atoms with van der Waals surface area (Å²) in [4.78, 5) is 0. The zero-order chi connectivity index (χ0) is 9.28. The standard InChI is InChI=1S/C5H9N.C5H12.4CH4/c1-3-5(2)4-6;1-4-5(2)3;;;;/h5H,3H2,1-2H3;5H,4H2,1-3H3;4*1H4. The summed E-state index contributed by atoms with van der Waals surface area (Å²) in [6.07, 6.45) is 2.27. The molecular weight excluding hydrogens is 182 g/mol. The van der Waals surface area contributed by atoms with E-state index in [-0.39, 0.29) is 35.6 Å². The first-order valence-corrected chi connectivity index (χ1v) is 4.48. The molecule has 1 atom stereocenters. The van der Waals surface area contributed by atoms with Gasteiger partial charge in [-0.25, -0.2) is 0 Å². The van der Waals surface area contributed by atoms with Gasteiger partial charge < -0.3 is 0 Å². The molecule has 0 saturated carbocycles. The molecule has 0 bridgehead atoms. The van der Waals surface area contributed by atoms with E-state index in [1.165, 1.54) is 6.42 Å². The fourth-order valence-corrected chi connectivity index (χ4v) is 0.0913. The molecule has 0 aliphatic rings. The minimum atomic E-state index is 0. The number of hydrogen-bond acceptors (Lipinski definition) is 1. The molecule has 0 aromatic carbocycles. The second kappa shape index (κ2) is 29.2. The lowest BCUT2D eigenvalue weighted by atomic mass is 10.2. The van der Waals surface area contributed by atoms with Gasteiger partial charge >= 0.3 is 0 Å². The quantitative estimate of drug-likeness (QED) is 0.546. The van der Waals surface area contributed by atoms with Gasteiger partial charge in [-0.15, -0.1) is 0 Å². The first-order valence-electron chi connectivity index (χ1n) is 4.48. The van der Waals surface area contributed by atoms with Crippen LogP contribution in [0.3, 0.4) is 0 Å². The Morgan fingerprint density at radius 3 is 1.13 bits per heavy atom. The molecule has 0 fully saturated rings. The second-order valence-electron chi connectivity index (χ2n) is 3.24. The van der Waals surface area contributed by atoms with Gasteiger partial charge in [-0.2, -0.15) is 5.26 Å². The molecule has 15 heavy (non-hydrogen) atoms. The van der Waals surface area contributed by atoms with E-state index in [0.29, 0.717) is 0 Å². The summed E-state index contributed by atoms with van der Waals surface area (Å²) in [5, 5.41) is 8.08. The fraction of sp³-hybridized carbons (Fsp3) is 0.929. The van der Waals surface area contributed by atoms with Crippen LogP contribution in [0.2, 0.25) is 0 Å². The largest absolute Gasteiger partial charge is 0.198 e. The first-order chi connectivity index (χ1) is 5.08. The van der Waals surface area contributed by atoms with Crippen molar-refractivity contribution < 1.29 is 0 Å². The topological polar surface area (TPSA) is 23.8 Å². The molecule has 0 N–H and O–H groups in total. The van der Waals surface area contributed by atoms with Crippen molar-refractivity contribution in [1.82, 2.24) is 0 Å². The van der Waals surface area contributed by atoms with Gasteiger partial charge in [-0.1, -0.05) is 63.8 Å². The highest BCUT2D eigenvalue weighted by molar-refractivity contribution is 4.76. The van der Waals surface area contributed by atoms with Crippen molar-refractivity contribution in [2.24, 2.45) is 11.8 Å². The predicted octanol–water partition coefficient (Wildman–Crippen LogP) is 6.15. The summed E-state index contributed by atoms with van der Waals surface area (Å²) in [7, 11) is 0. The van der Waals surface area contributed by atoms with Crippen molar-refractivity contribution in [3.05, 3.63) is 0 Å². The highest BCUT2D eigenvalue weighted by atomic mass is 14.2. The lowest BCUT2D eigenvalue weighted by molar-refractivity contribution is 0.626. The fourth-order valence-electron chi connectivity index (χ4n) is 0.0913. The maximum atomic E-state index is 8.08. The summed E-state index contributed by atoms with van der Waals surface area (Å²) < 4.78 is 0. The Bertz CT molecular complexity index is 100. The van der Waals surface area contributed by atoms with E-state index in [1.54, 1.807) is 0 Å². The summed E-state index contributed by atoms with van der Waals surface area (Å²) in [5.41, 5.74) is 0. The lowest BCUT2D eigenvalue weighted by Crippen LogP contribution is -1.81. The Labute approximate surface area is 101 Å². The molecule has 0 spiro atoms. The van der Waals surface area contributed by atoms with Gasteiger partial charge in [-0.05, 0) is 19.3 Å². The van der Waals surface area contributed by atoms with Crippen LogP contribution in [0.5, 0.6) is 0 Å². The zero-order valence-electron chi connectivity index (χ0n) is 8.52. The summed E-state index contributed by atoms with van der Waals surface area (Å²) in [6, 6.07) is 2.11. The number of rotatable bonds is 2. The predicted molar refractivity (Wildman–Crippen MR) is 77.1 cm³/mol. The second-order valence-corrected chi connectivity index (χ2v) is 3.24. The lowest BCUT2D eigenvalue weighted by Gasteiger charge is -1.90. The monoisotopic (exact) mass is 219 g/mol. The molecule has 0 aliphatic carbocycles. The van der Waals surface area contributed by atoms with Gasteiger partial charge in [0, 0.05) is 5.92 Å². The van der Waals surface area contributed by atoms with Crippen LogP contribution in [0.25, 0.3) is 0 Å². The summed E-state index contributed by atoms with van der Waals surface area (Å²) in [5.74, 6) is 1.12. The molecular formula is C14H37N. The van der Waals surface area contributed by atoms with Crippen LogP contribution in [-0.2, 0) is 0 Å². The van der Waals surface area contributed by atoms with Crippen molar-refractivity contribution >= 4 is 0 Å². The normalized spacial score (nSPS) is 8.33. The van der Waals surface area contributed by atoms with Crippen molar-refractivity contribution in [3.63, 3.8) is 0 Å². The summed E-state index contributed by atoms with van der Waals surface area (Å²) in [6.45, 7) is 10.6. The van der Waals surface area contributed by atoms with E-state index in [0.717, 1.165) is 12.3 Å². The Hall–Kier alpha value is -0.510. The van der Waals surface area contributed by atoms with Crippen LogP contribution in [0.15, 0.2) is 0 Å². The highest BCUT2D eigenvalue weighted by Crippen LogP contribution is 1.94. The van der Waals surface area contributed by atoms with Crippen LogP contribution in [-0.4, -0.2) is 0 Å². The molecule has 0 rings (SSSR count). The molecule has 0 saturated heterocycles. The van der Waals surface area contributed by atoms with E-state index in [9.17, 15) is 0 Å². The third kappa shape index (κ3) is 59.1. The highest BCUT2D eigenvalue weighted by Gasteiger charge is 1.88. The van der Waals surface area contributed by atoms with E-state index >= 15 is 0 Å². The van der Waals surface area contributed by atoms with Crippen LogP contribution < -0.4 is 0 Å². The van der Waals surface area contributed by atoms with E-state index in [1.807, 2.05) is 13.8 Å². The Kier molecular flexibility index (Phi) is 71.2. The smallest absolute Gasteiger partial charge is 0.0652 e. The van der Waals surface area contributed by atoms with Crippen LogP contribution in [0, 0.1) is 23.2 Å². The molecule has 1 unspecified atom stereocenters. The molecule has 0 amide bonds. The average molecular weight is 219 g/mol. The SMILES string of the molecule is C.C.C.C.CCC(C)C.CCC(C)C#N. The maximum Gasteiger partial charge on any atom is 0.0652 e. The van der Waals surface area contributed by atoms with E-state index in [2.05, 4.69) is 26.8 Å². The van der Waals surface area contributed by atoms with Gasteiger partial charge in [0.25, 0.3) is 0 Å². The molecule has 1 heteroatoms. The average Bonchev–Trinajstić information content (AvgIpc) is 2.04. The van der Waals surface area contributed by atoms with Gasteiger partial charge in [-0.3, -0.25) is 0 Å². The third-order valence-electron chi connectivity index (χ3n) is 1.65. The molecule has 0 aromatic heterocycles. The number of nitrogens with zero attached hydrogens (tertiary/aromatic N) is 1. The molecule has 0 aliphatic heterocycles. The minimum Gasteiger partial charge on any atom is -0.198 e. The molecule has 98 valence electrons. The molecule has 0 radical (unpaired) electrons. The maximum absolute atomic E-state index is 8.08. The Balaban J connectivity index is -0.0000000215. The van der Waals surface area contributed by atoms with Gasteiger partial charge in [0.1, 0.15) is 0 Å². The Morgan fingerprint density at radius 2 is 1.13 bits per heavy atom. The van der Waals surface area contributed by atoms with Crippen LogP contribution in [0.1, 0.15) is 77.2 Å². The zero-order valence-corrected chi connectivity index (χ0v) is 8.52. The summed E-state index contributed by atoms with van der Waals surface area (Å²) >= 11 is 0. The third-order valence-corrected chi connectivity index (χ3v) is 1.65. The number of nitriles is 1. The van der Waals surface area contributed by atoms with Crippen LogP contribution >= 0.6 is 0 Å². The van der Waals surface area contributed by atoms with Crippen LogP contribution in [0.4, 0.5) is 0 Å². The van der Waals surface area contributed by atoms with E-state index in [4.69, 9.17) is 5.26 Å². The van der Waals surface area contributed by atoms with Gasteiger partial charge in [0.05, 0.1) is 6.07 Å². The molecule has 0 aromatic rings. The van der Waals surface area contributed by atoms with Crippen molar-refractivity contribution in [3.8, 4) is 6.07 Å². The van der Waals surface area contributed by atoms with E-state index < -0.39 is 0 Å². The minimum absolute atomic E-state index is 0. The van der Waals surface area contributed by atoms with Gasteiger partial charge in [0.15, 0.2) is 0 Å².